The Kier molecular flexibility index (Phi) is 2.91. The van der Waals surface area contributed by atoms with Crippen molar-refractivity contribution in [3.05, 3.63) is 53.8 Å². The van der Waals surface area contributed by atoms with Crippen LogP contribution in [0.25, 0.3) is 6.08 Å². The highest BCUT2D eigenvalue weighted by Crippen LogP contribution is 2.34. The summed E-state index contributed by atoms with van der Waals surface area (Å²) in [6.45, 7) is 2.23. The monoisotopic (exact) mass is 200 g/mol. The molecule has 0 aromatic heterocycles. The number of rotatable bonds is 2. The highest BCUT2D eigenvalue weighted by molar-refractivity contribution is 5.59. The lowest BCUT2D eigenvalue weighted by Crippen LogP contribution is -2.10. The van der Waals surface area contributed by atoms with E-state index in [1.54, 1.807) is 13.4 Å². The fraction of sp³-hybridized carbons (Fsp3) is 0.286. The fourth-order valence-corrected chi connectivity index (χ4v) is 2.07. The van der Waals surface area contributed by atoms with Gasteiger partial charge < -0.3 is 4.74 Å². The van der Waals surface area contributed by atoms with Crippen molar-refractivity contribution in [3.8, 4) is 0 Å². The Morgan fingerprint density at radius 1 is 1.27 bits per heavy atom. The van der Waals surface area contributed by atoms with Crippen molar-refractivity contribution >= 4 is 6.08 Å². The molecule has 0 saturated heterocycles. The van der Waals surface area contributed by atoms with Gasteiger partial charge in [0.25, 0.3) is 0 Å². The molecule has 1 aliphatic carbocycles. The van der Waals surface area contributed by atoms with E-state index in [0.717, 1.165) is 0 Å². The van der Waals surface area contributed by atoms with Gasteiger partial charge >= 0.3 is 0 Å². The maximum Gasteiger partial charge on any atom is 0.0791 e. The zero-order valence-corrected chi connectivity index (χ0v) is 9.18. The van der Waals surface area contributed by atoms with Gasteiger partial charge in [-0.3, -0.25) is 0 Å². The minimum atomic E-state index is 0.436. The fourth-order valence-electron chi connectivity index (χ4n) is 2.07. The van der Waals surface area contributed by atoms with E-state index in [0.29, 0.717) is 11.8 Å². The Balaban J connectivity index is 2.38. The van der Waals surface area contributed by atoms with Gasteiger partial charge in [0.2, 0.25) is 0 Å². The Bertz CT molecular complexity index is 390. The van der Waals surface area contributed by atoms with E-state index in [1.807, 2.05) is 0 Å². The van der Waals surface area contributed by atoms with Crippen molar-refractivity contribution in [2.75, 3.05) is 7.11 Å². The zero-order valence-electron chi connectivity index (χ0n) is 9.18. The molecule has 0 radical (unpaired) electrons. The lowest BCUT2D eigenvalue weighted by molar-refractivity contribution is 0.334. The molecule has 78 valence electrons. The SMILES string of the molecule is CO/C=C/[C@H]1c2ccccc2C=C[C@@H]1C. The third kappa shape index (κ3) is 1.96. The van der Waals surface area contributed by atoms with E-state index in [2.05, 4.69) is 49.4 Å². The minimum Gasteiger partial charge on any atom is -0.505 e. The standard InChI is InChI=1S/C14H16O/c1-11-7-8-12-5-3-4-6-14(12)13(11)9-10-15-2/h3-11,13H,1-2H3/b10-9+/t11-,13+/m0/s1. The summed E-state index contributed by atoms with van der Waals surface area (Å²) in [5.74, 6) is 0.970. The third-order valence-corrected chi connectivity index (χ3v) is 2.92. The molecule has 1 nitrogen and oxygen atoms in total. The molecule has 1 aromatic rings. The molecule has 0 amide bonds. The van der Waals surface area contributed by atoms with E-state index in [9.17, 15) is 0 Å². The van der Waals surface area contributed by atoms with Crippen molar-refractivity contribution in [2.45, 2.75) is 12.8 Å². The molecule has 2 rings (SSSR count). The van der Waals surface area contributed by atoms with Crippen LogP contribution in [0.5, 0.6) is 0 Å². The molecule has 1 heteroatoms. The maximum atomic E-state index is 5.00. The van der Waals surface area contributed by atoms with Crippen LogP contribution >= 0.6 is 0 Å². The molecule has 0 aliphatic heterocycles. The first-order valence-corrected chi connectivity index (χ1v) is 5.29. The lowest BCUT2D eigenvalue weighted by atomic mass is 9.80. The Hall–Kier alpha value is -1.50. The van der Waals surface area contributed by atoms with Crippen LogP contribution in [0.2, 0.25) is 0 Å². The van der Waals surface area contributed by atoms with Gasteiger partial charge in [-0.25, -0.2) is 0 Å². The molecule has 15 heavy (non-hydrogen) atoms. The Morgan fingerprint density at radius 2 is 2.07 bits per heavy atom. The van der Waals surface area contributed by atoms with Gasteiger partial charge in [-0.15, -0.1) is 0 Å². The van der Waals surface area contributed by atoms with Crippen molar-refractivity contribution in [3.63, 3.8) is 0 Å². The van der Waals surface area contributed by atoms with Crippen molar-refractivity contribution in [1.82, 2.24) is 0 Å². The number of hydrogen-bond acceptors (Lipinski definition) is 1. The van der Waals surface area contributed by atoms with Crippen LogP contribution < -0.4 is 0 Å². The number of ether oxygens (including phenoxy) is 1. The highest BCUT2D eigenvalue weighted by Gasteiger charge is 2.20. The second kappa shape index (κ2) is 4.35. The number of hydrogen-bond donors (Lipinski definition) is 0. The molecule has 0 saturated carbocycles. The summed E-state index contributed by atoms with van der Waals surface area (Å²) in [7, 11) is 1.69. The van der Waals surface area contributed by atoms with Crippen LogP contribution in [-0.4, -0.2) is 7.11 Å². The second-order valence-corrected chi connectivity index (χ2v) is 3.94. The van der Waals surface area contributed by atoms with Gasteiger partial charge in [-0.1, -0.05) is 43.3 Å². The van der Waals surface area contributed by atoms with Gasteiger partial charge in [0, 0.05) is 5.92 Å². The second-order valence-electron chi connectivity index (χ2n) is 3.94. The van der Waals surface area contributed by atoms with E-state index in [1.165, 1.54) is 11.1 Å². The molecule has 1 aromatic carbocycles. The molecule has 0 fully saturated rings. The average molecular weight is 200 g/mol. The van der Waals surface area contributed by atoms with Crippen molar-refractivity contribution < 1.29 is 4.74 Å². The number of benzene rings is 1. The number of fused-ring (bicyclic) bond motifs is 1. The molecular weight excluding hydrogens is 184 g/mol. The van der Waals surface area contributed by atoms with Gasteiger partial charge in [-0.05, 0) is 23.1 Å². The lowest BCUT2D eigenvalue weighted by Gasteiger charge is -2.24. The third-order valence-electron chi connectivity index (χ3n) is 2.92. The van der Waals surface area contributed by atoms with E-state index >= 15 is 0 Å². The summed E-state index contributed by atoms with van der Waals surface area (Å²) in [6, 6.07) is 8.53. The van der Waals surface area contributed by atoms with E-state index in [4.69, 9.17) is 4.74 Å². The van der Waals surface area contributed by atoms with Gasteiger partial charge in [0.05, 0.1) is 13.4 Å². The highest BCUT2D eigenvalue weighted by atomic mass is 16.5. The largest absolute Gasteiger partial charge is 0.505 e. The molecule has 0 heterocycles. The summed E-state index contributed by atoms with van der Waals surface area (Å²) in [4.78, 5) is 0. The molecule has 0 spiro atoms. The normalized spacial score (nSPS) is 24.1. The smallest absolute Gasteiger partial charge is 0.0791 e. The summed E-state index contributed by atoms with van der Waals surface area (Å²) in [6.07, 6.45) is 8.37. The molecule has 1 aliphatic rings. The van der Waals surface area contributed by atoms with Gasteiger partial charge in [0.1, 0.15) is 0 Å². The first-order valence-electron chi connectivity index (χ1n) is 5.29. The topological polar surface area (TPSA) is 9.23 Å². The average Bonchev–Trinajstić information content (AvgIpc) is 2.28. The summed E-state index contributed by atoms with van der Waals surface area (Å²) < 4.78 is 5.00. The zero-order chi connectivity index (χ0) is 10.7. The van der Waals surface area contributed by atoms with Crippen LogP contribution in [0, 0.1) is 5.92 Å². The Morgan fingerprint density at radius 3 is 2.87 bits per heavy atom. The van der Waals surface area contributed by atoms with Crippen LogP contribution in [-0.2, 0) is 4.74 Å². The van der Waals surface area contributed by atoms with Crippen molar-refractivity contribution in [2.24, 2.45) is 5.92 Å². The van der Waals surface area contributed by atoms with Crippen LogP contribution in [0.1, 0.15) is 24.0 Å². The number of allylic oxidation sites excluding steroid dienone is 2. The predicted molar refractivity (Wildman–Crippen MR) is 63.5 cm³/mol. The van der Waals surface area contributed by atoms with E-state index in [-0.39, 0.29) is 0 Å². The molecular formula is C14H16O. The van der Waals surface area contributed by atoms with E-state index < -0.39 is 0 Å². The van der Waals surface area contributed by atoms with Gasteiger partial charge in [0.15, 0.2) is 0 Å². The van der Waals surface area contributed by atoms with Crippen LogP contribution in [0.3, 0.4) is 0 Å². The molecule has 0 N–H and O–H groups in total. The summed E-state index contributed by atoms with van der Waals surface area (Å²) in [5.41, 5.74) is 2.71. The maximum absolute atomic E-state index is 5.00. The first kappa shape index (κ1) is 10.0. The van der Waals surface area contributed by atoms with Crippen LogP contribution in [0.15, 0.2) is 42.7 Å². The quantitative estimate of drug-likeness (QED) is 0.663. The van der Waals surface area contributed by atoms with Crippen LogP contribution in [0.4, 0.5) is 0 Å². The molecule has 0 unspecified atom stereocenters. The summed E-state index contributed by atoms with van der Waals surface area (Å²) >= 11 is 0. The first-order chi connectivity index (χ1) is 7.33. The molecule has 0 bridgehead atoms. The number of methoxy groups -OCH3 is 1. The minimum absolute atomic E-state index is 0.436. The van der Waals surface area contributed by atoms with Crippen molar-refractivity contribution in [1.29, 1.82) is 0 Å². The predicted octanol–water partition coefficient (Wildman–Crippen LogP) is 3.59. The Labute approximate surface area is 91.1 Å². The summed E-state index contributed by atoms with van der Waals surface area (Å²) in [5, 5.41) is 0. The van der Waals surface area contributed by atoms with Gasteiger partial charge in [-0.2, -0.15) is 0 Å². The molecule has 2 atom stereocenters.